The lowest BCUT2D eigenvalue weighted by Crippen LogP contribution is -2.39. The Kier molecular flexibility index (Phi) is 3.31. The van der Waals surface area contributed by atoms with Crippen molar-refractivity contribution in [2.75, 3.05) is 7.11 Å². The summed E-state index contributed by atoms with van der Waals surface area (Å²) in [5, 5.41) is 1.03. The van der Waals surface area contributed by atoms with Gasteiger partial charge in [-0.15, -0.1) is 0 Å². The van der Waals surface area contributed by atoms with Gasteiger partial charge in [0, 0.05) is 15.4 Å². The smallest absolute Gasteiger partial charge is 0.176 e. The fraction of sp³-hybridized carbons (Fsp3) is 0.467. The lowest BCUT2D eigenvalue weighted by atomic mass is 9.77. The molecule has 1 heterocycles. The Hall–Kier alpha value is -1.00. The Morgan fingerprint density at radius 3 is 2.74 bits per heavy atom. The highest BCUT2D eigenvalue weighted by Gasteiger charge is 2.33. The molecule has 102 valence electrons. The molecule has 0 unspecified atom stereocenters. The van der Waals surface area contributed by atoms with Crippen molar-refractivity contribution < 1.29 is 9.15 Å². The zero-order chi connectivity index (χ0) is 13.5. The van der Waals surface area contributed by atoms with Gasteiger partial charge in [0.05, 0.1) is 13.4 Å². The number of hydrogen-bond acceptors (Lipinski definition) is 3. The third kappa shape index (κ3) is 2.07. The molecule has 3 rings (SSSR count). The van der Waals surface area contributed by atoms with Crippen molar-refractivity contribution in [1.82, 2.24) is 0 Å². The number of ether oxygens (including phenoxy) is 1. The standard InChI is InChI=1S/C15H18BrNO2/c1-18-12-9-11(15(17)6-3-2-4-7-15)13(16)10-5-8-19-14(10)12/h5,8-9H,2-4,6-7,17H2,1H3. The number of benzene rings is 1. The van der Waals surface area contributed by atoms with Crippen molar-refractivity contribution in [2.24, 2.45) is 5.73 Å². The molecule has 0 aliphatic heterocycles. The summed E-state index contributed by atoms with van der Waals surface area (Å²) in [4.78, 5) is 0. The van der Waals surface area contributed by atoms with Crippen molar-refractivity contribution in [3.63, 3.8) is 0 Å². The molecule has 0 saturated heterocycles. The molecule has 0 bridgehead atoms. The quantitative estimate of drug-likeness (QED) is 0.895. The maximum atomic E-state index is 6.65. The van der Waals surface area contributed by atoms with Gasteiger partial charge >= 0.3 is 0 Å². The first-order valence-electron chi connectivity index (χ1n) is 6.69. The maximum absolute atomic E-state index is 6.65. The van der Waals surface area contributed by atoms with Gasteiger partial charge in [0.1, 0.15) is 0 Å². The van der Waals surface area contributed by atoms with Gasteiger partial charge in [-0.1, -0.05) is 19.3 Å². The van der Waals surface area contributed by atoms with Crippen molar-refractivity contribution in [3.8, 4) is 5.75 Å². The second-order valence-corrected chi connectivity index (χ2v) is 6.11. The molecule has 1 fully saturated rings. The van der Waals surface area contributed by atoms with Crippen molar-refractivity contribution in [1.29, 1.82) is 0 Å². The van der Waals surface area contributed by atoms with Crippen LogP contribution in [-0.4, -0.2) is 7.11 Å². The van der Waals surface area contributed by atoms with Gasteiger partial charge in [-0.25, -0.2) is 0 Å². The van der Waals surface area contributed by atoms with Crippen LogP contribution < -0.4 is 10.5 Å². The molecule has 0 amide bonds. The topological polar surface area (TPSA) is 48.4 Å². The molecule has 2 N–H and O–H groups in total. The summed E-state index contributed by atoms with van der Waals surface area (Å²) < 4.78 is 12.0. The Morgan fingerprint density at radius 1 is 1.32 bits per heavy atom. The number of nitrogens with two attached hydrogens (primary N) is 1. The molecule has 3 nitrogen and oxygen atoms in total. The average molecular weight is 324 g/mol. The fourth-order valence-electron chi connectivity index (χ4n) is 3.04. The second-order valence-electron chi connectivity index (χ2n) is 5.32. The molecule has 0 spiro atoms. The molecular formula is C15H18BrNO2. The van der Waals surface area contributed by atoms with Crippen LogP contribution in [0.25, 0.3) is 11.0 Å². The molecule has 1 aliphatic carbocycles. The van der Waals surface area contributed by atoms with Crippen LogP contribution in [0.3, 0.4) is 0 Å². The van der Waals surface area contributed by atoms with Gasteiger partial charge < -0.3 is 14.9 Å². The molecular weight excluding hydrogens is 306 g/mol. The normalized spacial score (nSPS) is 18.7. The van der Waals surface area contributed by atoms with E-state index in [4.69, 9.17) is 14.9 Å². The Morgan fingerprint density at radius 2 is 2.05 bits per heavy atom. The summed E-state index contributed by atoms with van der Waals surface area (Å²) in [6.07, 6.45) is 7.40. The van der Waals surface area contributed by atoms with Gasteiger partial charge in [-0.3, -0.25) is 0 Å². The zero-order valence-corrected chi connectivity index (χ0v) is 12.6. The molecule has 0 atom stereocenters. The lowest BCUT2D eigenvalue weighted by Gasteiger charge is -2.35. The van der Waals surface area contributed by atoms with Gasteiger partial charge in [-0.05, 0) is 46.5 Å². The molecule has 0 radical (unpaired) electrons. The highest BCUT2D eigenvalue weighted by molar-refractivity contribution is 9.10. The van der Waals surface area contributed by atoms with E-state index < -0.39 is 0 Å². The molecule has 1 aromatic carbocycles. The summed E-state index contributed by atoms with van der Waals surface area (Å²) in [6, 6.07) is 3.98. The highest BCUT2D eigenvalue weighted by atomic mass is 79.9. The average Bonchev–Trinajstić information content (AvgIpc) is 2.90. The minimum atomic E-state index is -0.254. The Labute approximate surface area is 121 Å². The van der Waals surface area contributed by atoms with Crippen LogP contribution in [0.5, 0.6) is 5.75 Å². The lowest BCUT2D eigenvalue weighted by molar-refractivity contribution is 0.300. The first-order chi connectivity index (χ1) is 9.15. The third-order valence-corrected chi connectivity index (χ3v) is 4.99. The molecule has 2 aromatic rings. The van der Waals surface area contributed by atoms with Crippen molar-refractivity contribution in [2.45, 2.75) is 37.6 Å². The van der Waals surface area contributed by atoms with E-state index in [1.54, 1.807) is 13.4 Å². The molecule has 4 heteroatoms. The largest absolute Gasteiger partial charge is 0.493 e. The van der Waals surface area contributed by atoms with E-state index in [0.29, 0.717) is 0 Å². The van der Waals surface area contributed by atoms with Gasteiger partial charge in [0.15, 0.2) is 11.3 Å². The fourth-order valence-corrected chi connectivity index (χ4v) is 3.87. The summed E-state index contributed by atoms with van der Waals surface area (Å²) in [5.41, 5.74) is 8.31. The molecule has 1 aromatic heterocycles. The van der Waals surface area contributed by atoms with Crippen LogP contribution >= 0.6 is 15.9 Å². The van der Waals surface area contributed by atoms with E-state index in [1.165, 1.54) is 19.3 Å². The van der Waals surface area contributed by atoms with Crippen molar-refractivity contribution >= 4 is 26.9 Å². The van der Waals surface area contributed by atoms with Crippen LogP contribution in [0.2, 0.25) is 0 Å². The van der Waals surface area contributed by atoms with Crippen LogP contribution in [-0.2, 0) is 5.54 Å². The summed E-state index contributed by atoms with van der Waals surface area (Å²) >= 11 is 3.70. The minimum absolute atomic E-state index is 0.254. The van der Waals surface area contributed by atoms with Gasteiger partial charge in [-0.2, -0.15) is 0 Å². The zero-order valence-electron chi connectivity index (χ0n) is 11.0. The number of hydrogen-bond donors (Lipinski definition) is 1. The summed E-state index contributed by atoms with van der Waals surface area (Å²) in [5.74, 6) is 0.758. The maximum Gasteiger partial charge on any atom is 0.176 e. The minimum Gasteiger partial charge on any atom is -0.493 e. The van der Waals surface area contributed by atoms with Crippen molar-refractivity contribution in [3.05, 3.63) is 28.4 Å². The summed E-state index contributed by atoms with van der Waals surface area (Å²) in [7, 11) is 1.67. The van der Waals surface area contributed by atoms with E-state index in [2.05, 4.69) is 15.9 Å². The van der Waals surface area contributed by atoms with Crippen LogP contribution in [0.1, 0.15) is 37.7 Å². The predicted octanol–water partition coefficient (Wildman–Crippen LogP) is 4.32. The Bertz CT molecular complexity index is 599. The molecule has 1 saturated carbocycles. The SMILES string of the molecule is COc1cc(C2(N)CCCCC2)c(Br)c2ccoc12. The van der Waals surface area contributed by atoms with E-state index in [9.17, 15) is 0 Å². The van der Waals surface area contributed by atoms with Crippen LogP contribution in [0.15, 0.2) is 27.3 Å². The van der Waals surface area contributed by atoms with Gasteiger partial charge in [0.2, 0.25) is 0 Å². The van der Waals surface area contributed by atoms with Crippen LogP contribution in [0.4, 0.5) is 0 Å². The highest BCUT2D eigenvalue weighted by Crippen LogP contribution is 2.44. The first-order valence-corrected chi connectivity index (χ1v) is 7.48. The number of methoxy groups -OCH3 is 1. The third-order valence-electron chi connectivity index (χ3n) is 4.14. The number of furan rings is 1. The molecule has 1 aliphatic rings. The monoisotopic (exact) mass is 323 g/mol. The van der Waals surface area contributed by atoms with Gasteiger partial charge in [0.25, 0.3) is 0 Å². The number of rotatable bonds is 2. The van der Waals surface area contributed by atoms with E-state index in [1.807, 2.05) is 12.1 Å². The van der Waals surface area contributed by atoms with E-state index in [-0.39, 0.29) is 5.54 Å². The van der Waals surface area contributed by atoms with E-state index >= 15 is 0 Å². The number of halogens is 1. The predicted molar refractivity (Wildman–Crippen MR) is 79.4 cm³/mol. The molecule has 19 heavy (non-hydrogen) atoms. The second kappa shape index (κ2) is 4.84. The van der Waals surface area contributed by atoms with Crippen LogP contribution in [0, 0.1) is 0 Å². The first kappa shape index (κ1) is 13.0. The Balaban J connectivity index is 2.20. The summed E-state index contributed by atoms with van der Waals surface area (Å²) in [6.45, 7) is 0. The number of fused-ring (bicyclic) bond motifs is 1. The van der Waals surface area contributed by atoms with E-state index in [0.717, 1.165) is 39.6 Å².